The van der Waals surface area contributed by atoms with Gasteiger partial charge >= 0.3 is 0 Å². The standard InChI is InChI=1S/C11H15N3/c1-8-9(4-5-12)7-11(14-8)10-3-2-6-13-10/h2-3,6-7,13-14H,4-5,12H2,1H3. The van der Waals surface area contributed by atoms with E-state index >= 15 is 0 Å². The van der Waals surface area contributed by atoms with E-state index in [4.69, 9.17) is 5.73 Å². The maximum atomic E-state index is 5.54. The van der Waals surface area contributed by atoms with Crippen molar-refractivity contribution in [2.24, 2.45) is 5.73 Å². The van der Waals surface area contributed by atoms with Crippen LogP contribution in [-0.2, 0) is 6.42 Å². The zero-order valence-corrected chi connectivity index (χ0v) is 8.30. The first-order valence-electron chi connectivity index (χ1n) is 4.83. The maximum absolute atomic E-state index is 5.54. The van der Waals surface area contributed by atoms with Crippen LogP contribution in [0.5, 0.6) is 0 Å². The SMILES string of the molecule is Cc1[nH]c(-c2ccc[nH]2)cc1CCN. The molecule has 0 aliphatic carbocycles. The van der Waals surface area contributed by atoms with E-state index in [2.05, 4.69) is 29.0 Å². The smallest absolute Gasteiger partial charge is 0.0624 e. The van der Waals surface area contributed by atoms with E-state index in [0.29, 0.717) is 6.54 Å². The zero-order chi connectivity index (χ0) is 9.97. The van der Waals surface area contributed by atoms with E-state index in [1.807, 2.05) is 12.3 Å². The number of H-pyrrole nitrogens is 2. The monoisotopic (exact) mass is 189 g/mol. The van der Waals surface area contributed by atoms with Gasteiger partial charge < -0.3 is 15.7 Å². The lowest BCUT2D eigenvalue weighted by atomic mass is 10.2. The fraction of sp³-hybridized carbons (Fsp3) is 0.273. The van der Waals surface area contributed by atoms with Crippen molar-refractivity contribution in [3.05, 3.63) is 35.7 Å². The summed E-state index contributed by atoms with van der Waals surface area (Å²) in [6.45, 7) is 2.78. The Balaban J connectivity index is 2.33. The van der Waals surface area contributed by atoms with Gasteiger partial charge in [0.2, 0.25) is 0 Å². The van der Waals surface area contributed by atoms with E-state index in [9.17, 15) is 0 Å². The molecule has 0 aliphatic heterocycles. The van der Waals surface area contributed by atoms with Gasteiger partial charge in [0.05, 0.1) is 11.4 Å². The van der Waals surface area contributed by atoms with E-state index in [1.54, 1.807) is 0 Å². The molecule has 0 aliphatic rings. The van der Waals surface area contributed by atoms with Crippen molar-refractivity contribution in [3.8, 4) is 11.4 Å². The van der Waals surface area contributed by atoms with Crippen LogP contribution in [0.15, 0.2) is 24.4 Å². The highest BCUT2D eigenvalue weighted by atomic mass is 14.8. The Morgan fingerprint density at radius 1 is 1.36 bits per heavy atom. The van der Waals surface area contributed by atoms with Crippen molar-refractivity contribution in [3.63, 3.8) is 0 Å². The predicted octanol–water partition coefficient (Wildman–Crippen LogP) is 1.82. The molecular formula is C11H15N3. The van der Waals surface area contributed by atoms with E-state index in [1.165, 1.54) is 11.3 Å². The van der Waals surface area contributed by atoms with Crippen LogP contribution in [0.1, 0.15) is 11.3 Å². The average molecular weight is 189 g/mol. The second-order valence-electron chi connectivity index (χ2n) is 3.46. The van der Waals surface area contributed by atoms with Gasteiger partial charge in [-0.3, -0.25) is 0 Å². The minimum Gasteiger partial charge on any atom is -0.360 e. The summed E-state index contributed by atoms with van der Waals surface area (Å²) in [4.78, 5) is 6.52. The van der Waals surface area contributed by atoms with Crippen LogP contribution in [0.2, 0.25) is 0 Å². The number of hydrogen-bond donors (Lipinski definition) is 3. The number of rotatable bonds is 3. The predicted molar refractivity (Wildman–Crippen MR) is 58.1 cm³/mol. The highest BCUT2D eigenvalue weighted by molar-refractivity contribution is 5.57. The van der Waals surface area contributed by atoms with Gasteiger partial charge in [-0.15, -0.1) is 0 Å². The molecule has 0 radical (unpaired) electrons. The highest BCUT2D eigenvalue weighted by Crippen LogP contribution is 2.19. The quantitative estimate of drug-likeness (QED) is 0.677. The zero-order valence-electron chi connectivity index (χ0n) is 8.30. The first-order valence-corrected chi connectivity index (χ1v) is 4.83. The molecule has 0 amide bonds. The normalized spacial score (nSPS) is 10.7. The molecule has 2 heterocycles. The van der Waals surface area contributed by atoms with Crippen LogP contribution in [0, 0.1) is 6.92 Å². The minimum atomic E-state index is 0.697. The molecule has 3 heteroatoms. The molecule has 0 bridgehead atoms. The highest BCUT2D eigenvalue weighted by Gasteiger charge is 2.05. The maximum Gasteiger partial charge on any atom is 0.0624 e. The molecule has 14 heavy (non-hydrogen) atoms. The second-order valence-corrected chi connectivity index (χ2v) is 3.46. The summed E-state index contributed by atoms with van der Waals surface area (Å²) in [5.74, 6) is 0. The summed E-state index contributed by atoms with van der Waals surface area (Å²) in [5.41, 5.74) is 10.3. The van der Waals surface area contributed by atoms with Crippen molar-refractivity contribution >= 4 is 0 Å². The Bertz CT molecular complexity index is 398. The third kappa shape index (κ3) is 1.59. The molecule has 2 rings (SSSR count). The minimum absolute atomic E-state index is 0.697. The van der Waals surface area contributed by atoms with Gasteiger partial charge in [-0.1, -0.05) is 0 Å². The molecule has 74 valence electrons. The lowest BCUT2D eigenvalue weighted by Crippen LogP contribution is -2.02. The largest absolute Gasteiger partial charge is 0.360 e. The lowest BCUT2D eigenvalue weighted by molar-refractivity contribution is 0.957. The third-order valence-electron chi connectivity index (χ3n) is 2.42. The van der Waals surface area contributed by atoms with E-state index < -0.39 is 0 Å². The average Bonchev–Trinajstić information content (AvgIpc) is 2.76. The molecule has 2 aromatic rings. The summed E-state index contributed by atoms with van der Waals surface area (Å²) in [6.07, 6.45) is 2.86. The first-order chi connectivity index (χ1) is 6.81. The Kier molecular flexibility index (Phi) is 2.41. The topological polar surface area (TPSA) is 57.6 Å². The number of aromatic amines is 2. The fourth-order valence-corrected chi connectivity index (χ4v) is 1.66. The van der Waals surface area contributed by atoms with Crippen molar-refractivity contribution in [2.75, 3.05) is 6.54 Å². The van der Waals surface area contributed by atoms with Gasteiger partial charge in [-0.25, -0.2) is 0 Å². The van der Waals surface area contributed by atoms with Crippen LogP contribution >= 0.6 is 0 Å². The molecule has 0 saturated carbocycles. The molecule has 2 aromatic heterocycles. The van der Waals surface area contributed by atoms with Gasteiger partial charge in [-0.2, -0.15) is 0 Å². The molecule has 4 N–H and O–H groups in total. The first kappa shape index (κ1) is 9.09. The second kappa shape index (κ2) is 3.72. The molecule has 0 spiro atoms. The summed E-state index contributed by atoms with van der Waals surface area (Å²) >= 11 is 0. The van der Waals surface area contributed by atoms with Crippen molar-refractivity contribution in [1.82, 2.24) is 9.97 Å². The molecule has 0 aromatic carbocycles. The molecule has 0 atom stereocenters. The van der Waals surface area contributed by atoms with Gasteiger partial charge in [-0.05, 0) is 43.7 Å². The number of aromatic nitrogens is 2. The summed E-state index contributed by atoms with van der Waals surface area (Å²) in [5, 5.41) is 0. The summed E-state index contributed by atoms with van der Waals surface area (Å²) < 4.78 is 0. The molecule has 3 nitrogen and oxygen atoms in total. The van der Waals surface area contributed by atoms with Gasteiger partial charge in [0.1, 0.15) is 0 Å². The number of aryl methyl sites for hydroxylation is 1. The Morgan fingerprint density at radius 2 is 2.21 bits per heavy atom. The van der Waals surface area contributed by atoms with Crippen molar-refractivity contribution in [2.45, 2.75) is 13.3 Å². The Hall–Kier alpha value is -1.48. The van der Waals surface area contributed by atoms with Crippen molar-refractivity contribution in [1.29, 1.82) is 0 Å². The van der Waals surface area contributed by atoms with Crippen LogP contribution in [0.4, 0.5) is 0 Å². The van der Waals surface area contributed by atoms with E-state index in [-0.39, 0.29) is 0 Å². The van der Waals surface area contributed by atoms with Gasteiger partial charge in [0, 0.05) is 11.9 Å². The number of nitrogens with one attached hydrogen (secondary N) is 2. The van der Waals surface area contributed by atoms with Crippen molar-refractivity contribution < 1.29 is 0 Å². The van der Waals surface area contributed by atoms with Gasteiger partial charge in [0.25, 0.3) is 0 Å². The molecule has 0 unspecified atom stereocenters. The van der Waals surface area contributed by atoms with Crippen LogP contribution in [0.25, 0.3) is 11.4 Å². The summed E-state index contributed by atoms with van der Waals surface area (Å²) in [6, 6.07) is 6.21. The Labute approximate surface area is 83.3 Å². The van der Waals surface area contributed by atoms with Crippen LogP contribution in [0.3, 0.4) is 0 Å². The van der Waals surface area contributed by atoms with Crippen LogP contribution < -0.4 is 5.73 Å². The Morgan fingerprint density at radius 3 is 2.86 bits per heavy atom. The lowest BCUT2D eigenvalue weighted by Gasteiger charge is -1.93. The van der Waals surface area contributed by atoms with E-state index in [0.717, 1.165) is 17.8 Å². The fourth-order valence-electron chi connectivity index (χ4n) is 1.66. The summed E-state index contributed by atoms with van der Waals surface area (Å²) in [7, 11) is 0. The van der Waals surface area contributed by atoms with Crippen LogP contribution in [-0.4, -0.2) is 16.5 Å². The third-order valence-corrected chi connectivity index (χ3v) is 2.42. The van der Waals surface area contributed by atoms with Gasteiger partial charge in [0.15, 0.2) is 0 Å². The molecular weight excluding hydrogens is 174 g/mol. The number of hydrogen-bond acceptors (Lipinski definition) is 1. The number of nitrogens with two attached hydrogens (primary N) is 1. The molecule has 0 fully saturated rings. The molecule has 0 saturated heterocycles.